The van der Waals surface area contributed by atoms with E-state index < -0.39 is 22.3 Å². The van der Waals surface area contributed by atoms with Crippen molar-refractivity contribution in [1.82, 2.24) is 10.9 Å². The molecule has 18 heavy (non-hydrogen) atoms. The smallest absolute Gasteiger partial charge is 0.400 e. The number of hydrogen-bond acceptors (Lipinski definition) is 7. The summed E-state index contributed by atoms with van der Waals surface area (Å²) in [7, 11) is 0. The average molecular weight is 255 g/mol. The molecule has 0 spiro atoms. The van der Waals surface area contributed by atoms with E-state index in [1.54, 1.807) is 13.8 Å². The molecule has 98 valence electrons. The van der Waals surface area contributed by atoms with E-state index in [0.717, 1.165) is 6.21 Å². The van der Waals surface area contributed by atoms with Gasteiger partial charge in [0.25, 0.3) is 5.91 Å². The van der Waals surface area contributed by atoms with Gasteiger partial charge in [-0.1, -0.05) is 0 Å². The van der Waals surface area contributed by atoms with Crippen LogP contribution in [0.3, 0.4) is 0 Å². The molecule has 0 bridgehead atoms. The highest BCUT2D eigenvalue weighted by Crippen LogP contribution is 2.13. The lowest BCUT2D eigenvalue weighted by Gasteiger charge is -2.20. The predicted octanol–water partition coefficient (Wildman–Crippen LogP) is -0.120. The first-order chi connectivity index (χ1) is 8.36. The lowest BCUT2D eigenvalue weighted by Crippen LogP contribution is -2.54. The van der Waals surface area contributed by atoms with Gasteiger partial charge in [0, 0.05) is 0 Å². The van der Waals surface area contributed by atoms with Gasteiger partial charge in [-0.3, -0.25) is 20.8 Å². The second-order valence-electron chi connectivity index (χ2n) is 3.90. The van der Waals surface area contributed by atoms with Crippen molar-refractivity contribution in [2.75, 3.05) is 0 Å². The Balaban J connectivity index is 2.60. The van der Waals surface area contributed by atoms with Crippen LogP contribution in [0, 0.1) is 10.1 Å². The Bertz CT molecular complexity index is 479. The highest BCUT2D eigenvalue weighted by Gasteiger charge is 2.25. The van der Waals surface area contributed by atoms with Gasteiger partial charge in [-0.2, -0.15) is 5.10 Å². The van der Waals surface area contributed by atoms with Crippen LogP contribution in [0.25, 0.3) is 0 Å². The summed E-state index contributed by atoms with van der Waals surface area (Å²) < 4.78 is 4.80. The Morgan fingerprint density at radius 3 is 2.78 bits per heavy atom. The van der Waals surface area contributed by atoms with Crippen molar-refractivity contribution in [2.45, 2.75) is 19.4 Å². The van der Waals surface area contributed by atoms with E-state index in [9.17, 15) is 14.9 Å². The molecule has 1 rings (SSSR count). The molecule has 1 aromatic rings. The highest BCUT2D eigenvalue weighted by molar-refractivity contribution is 5.86. The van der Waals surface area contributed by atoms with Crippen LogP contribution in [-0.2, 0) is 4.79 Å². The first-order valence-electron chi connectivity index (χ1n) is 4.92. The minimum atomic E-state index is -0.980. The number of carbonyl (C=O) groups is 1. The van der Waals surface area contributed by atoms with Gasteiger partial charge < -0.3 is 4.42 Å². The van der Waals surface area contributed by atoms with Gasteiger partial charge >= 0.3 is 5.88 Å². The summed E-state index contributed by atoms with van der Waals surface area (Å²) in [5.41, 5.74) is 3.55. The number of hydrazine groups is 1. The second kappa shape index (κ2) is 5.38. The van der Waals surface area contributed by atoms with Crippen LogP contribution >= 0.6 is 0 Å². The number of amides is 1. The number of rotatable bonds is 5. The minimum absolute atomic E-state index is 0.153. The second-order valence-corrected chi connectivity index (χ2v) is 3.90. The Kier molecular flexibility index (Phi) is 4.13. The number of nitrogens with zero attached hydrogens (tertiary/aromatic N) is 2. The number of hydrazone groups is 1. The topological polar surface area (TPSA) is 136 Å². The van der Waals surface area contributed by atoms with E-state index >= 15 is 0 Å². The van der Waals surface area contributed by atoms with E-state index in [4.69, 9.17) is 10.3 Å². The molecular formula is C9H13N5O4. The number of nitrogens with one attached hydrogen (secondary N) is 2. The summed E-state index contributed by atoms with van der Waals surface area (Å²) in [5, 5.41) is 13.9. The van der Waals surface area contributed by atoms with Crippen LogP contribution in [0.5, 0.6) is 0 Å². The number of hydrogen-bond donors (Lipinski definition) is 3. The largest absolute Gasteiger partial charge is 0.433 e. The van der Waals surface area contributed by atoms with Crippen molar-refractivity contribution in [3.05, 3.63) is 28.0 Å². The first kappa shape index (κ1) is 13.8. The third-order valence-corrected chi connectivity index (χ3v) is 2.08. The van der Waals surface area contributed by atoms with Gasteiger partial charge in [0.15, 0.2) is 5.76 Å². The number of nitrogens with two attached hydrogens (primary N) is 1. The van der Waals surface area contributed by atoms with Crippen LogP contribution in [0.2, 0.25) is 0 Å². The first-order valence-corrected chi connectivity index (χ1v) is 4.92. The third kappa shape index (κ3) is 3.37. The molecule has 0 aliphatic heterocycles. The molecule has 9 nitrogen and oxygen atoms in total. The van der Waals surface area contributed by atoms with Crippen molar-refractivity contribution < 1.29 is 14.1 Å². The van der Waals surface area contributed by atoms with E-state index in [2.05, 4.69) is 16.0 Å². The quantitative estimate of drug-likeness (QED) is 0.290. The lowest BCUT2D eigenvalue weighted by molar-refractivity contribution is -0.402. The molecule has 9 heteroatoms. The summed E-state index contributed by atoms with van der Waals surface area (Å²) in [6.45, 7) is 3.13. The predicted molar refractivity (Wildman–Crippen MR) is 62.5 cm³/mol. The standard InChI is InChI=1S/C9H13N5O4/c1-9(2,13-10)8(15)12-11-5-6-3-4-7(18-6)14(16)17/h3-5,13H,10H2,1-2H3,(H,12,15)/b11-5-. The molecule has 1 heterocycles. The monoisotopic (exact) mass is 255 g/mol. The van der Waals surface area contributed by atoms with Gasteiger partial charge in [-0.25, -0.2) is 10.9 Å². The zero-order chi connectivity index (χ0) is 13.8. The van der Waals surface area contributed by atoms with Crippen LogP contribution in [-0.4, -0.2) is 22.6 Å². The van der Waals surface area contributed by atoms with Crippen molar-refractivity contribution in [3.63, 3.8) is 0 Å². The maximum absolute atomic E-state index is 11.5. The molecular weight excluding hydrogens is 242 g/mol. The minimum Gasteiger partial charge on any atom is -0.400 e. The van der Waals surface area contributed by atoms with E-state index in [1.807, 2.05) is 0 Å². The van der Waals surface area contributed by atoms with Crippen LogP contribution in [0.1, 0.15) is 19.6 Å². The summed E-state index contributed by atoms with van der Waals surface area (Å²) in [5.74, 6) is 4.47. The van der Waals surface area contributed by atoms with Crippen LogP contribution in [0.4, 0.5) is 5.88 Å². The molecule has 0 aromatic carbocycles. The maximum atomic E-state index is 11.5. The third-order valence-electron chi connectivity index (χ3n) is 2.08. The fourth-order valence-corrected chi connectivity index (χ4v) is 0.870. The molecule has 0 aliphatic rings. The van der Waals surface area contributed by atoms with Crippen molar-refractivity contribution in [1.29, 1.82) is 0 Å². The van der Waals surface area contributed by atoms with Crippen molar-refractivity contribution in [2.24, 2.45) is 10.9 Å². The molecule has 0 aliphatic carbocycles. The van der Waals surface area contributed by atoms with Crippen molar-refractivity contribution >= 4 is 18.0 Å². The summed E-state index contributed by atoms with van der Waals surface area (Å²) in [4.78, 5) is 21.2. The molecule has 0 unspecified atom stereocenters. The van der Waals surface area contributed by atoms with Gasteiger partial charge in [0.05, 0.1) is 12.3 Å². The Morgan fingerprint density at radius 2 is 2.28 bits per heavy atom. The van der Waals surface area contributed by atoms with Crippen LogP contribution < -0.4 is 16.7 Å². The molecule has 0 saturated heterocycles. The average Bonchev–Trinajstić information content (AvgIpc) is 2.77. The van der Waals surface area contributed by atoms with Crippen LogP contribution in [0.15, 0.2) is 21.7 Å². The molecule has 1 aromatic heterocycles. The number of furan rings is 1. The molecule has 0 radical (unpaired) electrons. The molecule has 0 fully saturated rings. The fourth-order valence-electron chi connectivity index (χ4n) is 0.870. The SMILES string of the molecule is CC(C)(NN)C(=O)N/N=C\c1ccc([N+](=O)[O-])o1. The highest BCUT2D eigenvalue weighted by atomic mass is 16.6. The van der Waals surface area contributed by atoms with E-state index in [-0.39, 0.29) is 5.76 Å². The summed E-state index contributed by atoms with van der Waals surface area (Å²) in [6, 6.07) is 2.55. The summed E-state index contributed by atoms with van der Waals surface area (Å²) >= 11 is 0. The summed E-state index contributed by atoms with van der Waals surface area (Å²) in [6.07, 6.45) is 1.15. The van der Waals surface area contributed by atoms with Crippen molar-refractivity contribution in [3.8, 4) is 0 Å². The van der Waals surface area contributed by atoms with E-state index in [1.165, 1.54) is 12.1 Å². The van der Waals surface area contributed by atoms with Gasteiger partial charge in [-0.05, 0) is 19.9 Å². The zero-order valence-corrected chi connectivity index (χ0v) is 9.84. The molecule has 1 amide bonds. The Labute approximate surface area is 102 Å². The number of nitro groups is 1. The maximum Gasteiger partial charge on any atom is 0.433 e. The Hall–Kier alpha value is -2.26. The number of carbonyl (C=O) groups excluding carboxylic acids is 1. The lowest BCUT2D eigenvalue weighted by atomic mass is 10.1. The Morgan fingerprint density at radius 1 is 1.61 bits per heavy atom. The van der Waals surface area contributed by atoms with E-state index in [0.29, 0.717) is 0 Å². The fraction of sp³-hybridized carbons (Fsp3) is 0.333. The zero-order valence-electron chi connectivity index (χ0n) is 9.84. The molecule has 0 atom stereocenters. The van der Waals surface area contributed by atoms with Gasteiger partial charge in [0.2, 0.25) is 0 Å². The van der Waals surface area contributed by atoms with Gasteiger partial charge in [-0.15, -0.1) is 0 Å². The normalized spacial score (nSPS) is 11.7. The molecule has 0 saturated carbocycles. The van der Waals surface area contributed by atoms with Gasteiger partial charge in [0.1, 0.15) is 10.5 Å². The molecule has 4 N–H and O–H groups in total.